The summed E-state index contributed by atoms with van der Waals surface area (Å²) in [5.41, 5.74) is 0.374. The first-order chi connectivity index (χ1) is 7.69. The van der Waals surface area contributed by atoms with Crippen LogP contribution in [0, 0.1) is 5.82 Å². The molecule has 0 aromatic heterocycles. The lowest BCUT2D eigenvalue weighted by Crippen LogP contribution is -2.05. The highest BCUT2D eigenvalue weighted by atomic mass is 35.5. The van der Waals surface area contributed by atoms with Gasteiger partial charge in [0.25, 0.3) is 0 Å². The average Bonchev–Trinajstić information content (AvgIpc) is 2.29. The van der Waals surface area contributed by atoms with E-state index < -0.39 is 5.82 Å². The second-order valence-electron chi connectivity index (χ2n) is 3.44. The zero-order valence-corrected chi connectivity index (χ0v) is 9.89. The first kappa shape index (κ1) is 13.0. The van der Waals surface area contributed by atoms with Crippen LogP contribution in [0.25, 0.3) is 0 Å². The monoisotopic (exact) mass is 244 g/mol. The number of carbonyl (C=O) groups excluding carboxylic acids is 1. The van der Waals surface area contributed by atoms with Gasteiger partial charge in [-0.1, -0.05) is 12.1 Å². The largest absolute Gasteiger partial charge is 0.494 e. The summed E-state index contributed by atoms with van der Waals surface area (Å²) in [6, 6.07) is 4.80. The van der Waals surface area contributed by atoms with Gasteiger partial charge in [-0.25, -0.2) is 4.39 Å². The van der Waals surface area contributed by atoms with Gasteiger partial charge in [0, 0.05) is 18.7 Å². The van der Waals surface area contributed by atoms with Gasteiger partial charge in [-0.05, 0) is 18.1 Å². The molecular weight excluding hydrogens is 231 g/mol. The molecule has 16 heavy (non-hydrogen) atoms. The number of halogens is 2. The Balaban J connectivity index is 2.70. The fraction of sp³-hybridized carbons (Fsp3) is 0.417. The topological polar surface area (TPSA) is 26.3 Å². The number of carbonyl (C=O) groups is 1. The minimum absolute atomic E-state index is 0.00666. The minimum atomic E-state index is -0.454. The van der Waals surface area contributed by atoms with Crippen LogP contribution < -0.4 is 4.74 Å². The van der Waals surface area contributed by atoms with Crippen LogP contribution >= 0.6 is 11.6 Å². The van der Waals surface area contributed by atoms with E-state index in [2.05, 4.69) is 0 Å². The number of hydrogen-bond acceptors (Lipinski definition) is 2. The maximum absolute atomic E-state index is 13.7. The molecule has 0 atom stereocenters. The van der Waals surface area contributed by atoms with Crippen LogP contribution in [0.2, 0.25) is 0 Å². The summed E-state index contributed by atoms with van der Waals surface area (Å²) in [5.74, 6) is 0.159. The Morgan fingerprint density at radius 3 is 2.88 bits per heavy atom. The molecule has 1 rings (SSSR count). The Labute approximate surface area is 99.4 Å². The van der Waals surface area contributed by atoms with Gasteiger partial charge >= 0.3 is 0 Å². The van der Waals surface area contributed by atoms with Crippen molar-refractivity contribution in [2.24, 2.45) is 0 Å². The molecule has 0 aliphatic carbocycles. The van der Waals surface area contributed by atoms with Gasteiger partial charge in [-0.3, -0.25) is 4.79 Å². The van der Waals surface area contributed by atoms with Crippen molar-refractivity contribution in [1.82, 2.24) is 0 Å². The number of rotatable bonds is 6. The average molecular weight is 245 g/mol. The van der Waals surface area contributed by atoms with E-state index in [-0.39, 0.29) is 18.0 Å². The van der Waals surface area contributed by atoms with E-state index in [1.54, 1.807) is 12.1 Å². The molecule has 0 amide bonds. The van der Waals surface area contributed by atoms with E-state index in [9.17, 15) is 9.18 Å². The van der Waals surface area contributed by atoms with E-state index in [4.69, 9.17) is 16.3 Å². The molecule has 0 saturated carbocycles. The Morgan fingerprint density at radius 2 is 2.25 bits per heavy atom. The first-order valence-electron chi connectivity index (χ1n) is 5.08. The smallest absolute Gasteiger partial charge is 0.168 e. The molecule has 0 unspecified atom stereocenters. The van der Waals surface area contributed by atoms with Crippen LogP contribution in [-0.4, -0.2) is 18.8 Å². The summed E-state index contributed by atoms with van der Waals surface area (Å²) < 4.78 is 18.5. The Hall–Kier alpha value is -1.09. The molecule has 0 aliphatic rings. The maximum atomic E-state index is 13.7. The number of ether oxygens (including phenoxy) is 1. The third kappa shape index (κ3) is 3.49. The Bertz CT molecular complexity index is 366. The number of Topliss-reactive ketones (excluding diaryl/α,β-unsaturated/α-hetero) is 1. The van der Waals surface area contributed by atoms with Crippen molar-refractivity contribution in [1.29, 1.82) is 0 Å². The van der Waals surface area contributed by atoms with Crippen molar-refractivity contribution in [3.8, 4) is 5.75 Å². The predicted octanol–water partition coefficient (Wildman–Crippen LogP) is 2.96. The Morgan fingerprint density at radius 1 is 1.50 bits per heavy atom. The van der Waals surface area contributed by atoms with E-state index in [1.165, 1.54) is 13.2 Å². The summed E-state index contributed by atoms with van der Waals surface area (Å²) >= 11 is 5.48. The van der Waals surface area contributed by atoms with Crippen LogP contribution in [0.15, 0.2) is 18.2 Å². The molecule has 0 saturated heterocycles. The zero-order valence-electron chi connectivity index (χ0n) is 9.13. The number of alkyl halides is 1. The lowest BCUT2D eigenvalue weighted by Gasteiger charge is -2.06. The third-order valence-electron chi connectivity index (χ3n) is 2.24. The highest BCUT2D eigenvalue weighted by Crippen LogP contribution is 2.20. The van der Waals surface area contributed by atoms with Crippen molar-refractivity contribution < 1.29 is 13.9 Å². The summed E-state index contributed by atoms with van der Waals surface area (Å²) in [6.07, 6.45) is 1.12. The first-order valence-corrected chi connectivity index (χ1v) is 5.61. The minimum Gasteiger partial charge on any atom is -0.494 e. The molecule has 2 nitrogen and oxygen atoms in total. The summed E-state index contributed by atoms with van der Waals surface area (Å²) in [7, 11) is 1.40. The molecule has 1 aromatic rings. The molecular formula is C12H14ClFO2. The second kappa shape index (κ2) is 6.48. The quantitative estimate of drug-likeness (QED) is 0.719. The molecule has 0 heterocycles. The predicted molar refractivity (Wildman–Crippen MR) is 61.6 cm³/mol. The SMILES string of the molecule is COc1cccc(CC(=O)CCCCl)c1F. The van der Waals surface area contributed by atoms with E-state index in [1.807, 2.05) is 0 Å². The van der Waals surface area contributed by atoms with E-state index in [0.29, 0.717) is 24.3 Å². The fourth-order valence-electron chi connectivity index (χ4n) is 1.42. The lowest BCUT2D eigenvalue weighted by atomic mass is 10.1. The van der Waals surface area contributed by atoms with Crippen molar-refractivity contribution >= 4 is 17.4 Å². The zero-order chi connectivity index (χ0) is 12.0. The van der Waals surface area contributed by atoms with Crippen molar-refractivity contribution in [2.45, 2.75) is 19.3 Å². The van der Waals surface area contributed by atoms with Gasteiger partial charge in [-0.15, -0.1) is 11.6 Å². The molecule has 0 bridgehead atoms. The van der Waals surface area contributed by atoms with Crippen molar-refractivity contribution in [2.75, 3.05) is 13.0 Å². The third-order valence-corrected chi connectivity index (χ3v) is 2.51. The summed E-state index contributed by atoms with van der Waals surface area (Å²) in [5, 5.41) is 0. The van der Waals surface area contributed by atoms with Crippen LogP contribution in [-0.2, 0) is 11.2 Å². The molecule has 88 valence electrons. The number of ketones is 1. The van der Waals surface area contributed by atoms with Gasteiger partial charge in [0.1, 0.15) is 5.78 Å². The van der Waals surface area contributed by atoms with Gasteiger partial charge in [-0.2, -0.15) is 0 Å². The fourth-order valence-corrected chi connectivity index (χ4v) is 1.55. The van der Waals surface area contributed by atoms with Gasteiger partial charge < -0.3 is 4.74 Å². The van der Waals surface area contributed by atoms with Gasteiger partial charge in [0.05, 0.1) is 7.11 Å². The number of methoxy groups -OCH3 is 1. The standard InChI is InChI=1S/C12H14ClFO2/c1-16-11-6-2-4-9(12(11)14)8-10(15)5-3-7-13/h2,4,6H,3,5,7-8H2,1H3. The molecule has 0 radical (unpaired) electrons. The molecule has 0 spiro atoms. The lowest BCUT2D eigenvalue weighted by molar-refractivity contribution is -0.118. The van der Waals surface area contributed by atoms with E-state index >= 15 is 0 Å². The van der Waals surface area contributed by atoms with Crippen LogP contribution in [0.3, 0.4) is 0 Å². The van der Waals surface area contributed by atoms with Gasteiger partial charge in [0.2, 0.25) is 0 Å². The molecule has 0 N–H and O–H groups in total. The Kier molecular flexibility index (Phi) is 5.26. The normalized spacial score (nSPS) is 10.2. The summed E-state index contributed by atoms with van der Waals surface area (Å²) in [4.78, 5) is 11.5. The van der Waals surface area contributed by atoms with E-state index in [0.717, 1.165) is 0 Å². The molecule has 1 aromatic carbocycles. The van der Waals surface area contributed by atoms with Gasteiger partial charge in [0.15, 0.2) is 11.6 Å². The molecule has 4 heteroatoms. The highest BCUT2D eigenvalue weighted by molar-refractivity contribution is 6.17. The van der Waals surface area contributed by atoms with Crippen LogP contribution in [0.5, 0.6) is 5.75 Å². The molecule has 0 fully saturated rings. The second-order valence-corrected chi connectivity index (χ2v) is 3.82. The molecule has 0 aliphatic heterocycles. The maximum Gasteiger partial charge on any atom is 0.168 e. The highest BCUT2D eigenvalue weighted by Gasteiger charge is 2.11. The van der Waals surface area contributed by atoms with Crippen LogP contribution in [0.4, 0.5) is 4.39 Å². The number of hydrogen-bond donors (Lipinski definition) is 0. The van der Waals surface area contributed by atoms with Crippen molar-refractivity contribution in [3.05, 3.63) is 29.6 Å². The van der Waals surface area contributed by atoms with Crippen molar-refractivity contribution in [3.63, 3.8) is 0 Å². The number of benzene rings is 1. The van der Waals surface area contributed by atoms with Crippen LogP contribution in [0.1, 0.15) is 18.4 Å². The summed E-state index contributed by atoms with van der Waals surface area (Å²) in [6.45, 7) is 0.